The molecule has 2 N–H and O–H groups in total. The van der Waals surface area contributed by atoms with Crippen LogP contribution in [0.15, 0.2) is 0 Å². The summed E-state index contributed by atoms with van der Waals surface area (Å²) in [6.07, 6.45) is 2.12. The summed E-state index contributed by atoms with van der Waals surface area (Å²) in [4.78, 5) is 2.41. The number of ether oxygens (including phenoxy) is 1. The van der Waals surface area contributed by atoms with Gasteiger partial charge in [0, 0.05) is 18.6 Å². The van der Waals surface area contributed by atoms with Crippen molar-refractivity contribution in [2.45, 2.75) is 18.4 Å². The van der Waals surface area contributed by atoms with E-state index in [-0.39, 0.29) is 12.1 Å². The van der Waals surface area contributed by atoms with Crippen molar-refractivity contribution in [3.05, 3.63) is 0 Å². The van der Waals surface area contributed by atoms with Gasteiger partial charge in [0.15, 0.2) is 0 Å². The van der Waals surface area contributed by atoms with Crippen molar-refractivity contribution < 1.29 is 9.84 Å². The summed E-state index contributed by atoms with van der Waals surface area (Å²) >= 11 is 0. The molecule has 0 amide bonds. The van der Waals surface area contributed by atoms with Crippen molar-refractivity contribution in [3.63, 3.8) is 0 Å². The molecule has 0 atom stereocenters. The standard InChI is InChI=1S/C10H20N2O2/c13-9-10(1-3-11-4-2-10)12-5-7-14-8-6-12/h11,13H,1-9H2. The largest absolute Gasteiger partial charge is 0.394 e. The third-order valence-electron chi connectivity index (χ3n) is 3.51. The van der Waals surface area contributed by atoms with E-state index >= 15 is 0 Å². The summed E-state index contributed by atoms with van der Waals surface area (Å²) in [6, 6.07) is 0. The Morgan fingerprint density at radius 3 is 2.43 bits per heavy atom. The van der Waals surface area contributed by atoms with Crippen LogP contribution in [-0.4, -0.2) is 61.5 Å². The second kappa shape index (κ2) is 4.57. The van der Waals surface area contributed by atoms with E-state index in [2.05, 4.69) is 10.2 Å². The van der Waals surface area contributed by atoms with Gasteiger partial charge in [0.05, 0.1) is 19.8 Å². The monoisotopic (exact) mass is 200 g/mol. The van der Waals surface area contributed by atoms with Crippen molar-refractivity contribution in [1.29, 1.82) is 0 Å². The van der Waals surface area contributed by atoms with Crippen molar-refractivity contribution in [2.24, 2.45) is 0 Å². The molecule has 0 spiro atoms. The van der Waals surface area contributed by atoms with E-state index in [1.807, 2.05) is 0 Å². The summed E-state index contributed by atoms with van der Waals surface area (Å²) in [6.45, 7) is 5.91. The molecular formula is C10H20N2O2. The number of nitrogens with zero attached hydrogens (tertiary/aromatic N) is 1. The van der Waals surface area contributed by atoms with E-state index in [9.17, 15) is 5.11 Å². The third kappa shape index (κ3) is 1.93. The summed E-state index contributed by atoms with van der Waals surface area (Å²) in [5.74, 6) is 0. The second-order valence-electron chi connectivity index (χ2n) is 4.23. The van der Waals surface area contributed by atoms with Gasteiger partial charge in [0.1, 0.15) is 0 Å². The van der Waals surface area contributed by atoms with Gasteiger partial charge in [-0.05, 0) is 25.9 Å². The first-order chi connectivity index (χ1) is 6.87. The van der Waals surface area contributed by atoms with Crippen LogP contribution in [0, 0.1) is 0 Å². The van der Waals surface area contributed by atoms with Crippen LogP contribution in [-0.2, 0) is 4.74 Å². The minimum atomic E-state index is 0.0367. The van der Waals surface area contributed by atoms with Crippen LogP contribution >= 0.6 is 0 Å². The average Bonchev–Trinajstić information content (AvgIpc) is 2.31. The fraction of sp³-hybridized carbons (Fsp3) is 1.00. The van der Waals surface area contributed by atoms with Gasteiger partial charge in [0.2, 0.25) is 0 Å². The van der Waals surface area contributed by atoms with Crippen LogP contribution in [0.1, 0.15) is 12.8 Å². The fourth-order valence-electron chi connectivity index (χ4n) is 2.50. The van der Waals surface area contributed by atoms with Crippen LogP contribution in [0.2, 0.25) is 0 Å². The van der Waals surface area contributed by atoms with Gasteiger partial charge >= 0.3 is 0 Å². The molecule has 2 aliphatic rings. The van der Waals surface area contributed by atoms with Gasteiger partial charge in [-0.25, -0.2) is 0 Å². The highest BCUT2D eigenvalue weighted by Gasteiger charge is 2.37. The summed E-state index contributed by atoms with van der Waals surface area (Å²) in [5.41, 5.74) is 0.0367. The lowest BCUT2D eigenvalue weighted by molar-refractivity contribution is -0.0565. The van der Waals surface area contributed by atoms with Gasteiger partial charge in [-0.1, -0.05) is 0 Å². The minimum Gasteiger partial charge on any atom is -0.394 e. The molecule has 0 unspecified atom stereocenters. The zero-order valence-electron chi connectivity index (χ0n) is 8.67. The molecule has 4 heteroatoms. The maximum absolute atomic E-state index is 9.58. The summed E-state index contributed by atoms with van der Waals surface area (Å²) in [5, 5.41) is 12.9. The maximum Gasteiger partial charge on any atom is 0.0616 e. The Kier molecular flexibility index (Phi) is 3.38. The minimum absolute atomic E-state index is 0.0367. The predicted molar refractivity (Wildman–Crippen MR) is 54.3 cm³/mol. The highest BCUT2D eigenvalue weighted by Crippen LogP contribution is 2.26. The molecule has 0 radical (unpaired) electrons. The molecule has 0 bridgehead atoms. The van der Waals surface area contributed by atoms with E-state index in [1.165, 1.54) is 0 Å². The first kappa shape index (κ1) is 10.4. The Morgan fingerprint density at radius 1 is 1.21 bits per heavy atom. The molecule has 0 aromatic heterocycles. The lowest BCUT2D eigenvalue weighted by Crippen LogP contribution is -2.59. The van der Waals surface area contributed by atoms with E-state index in [0.29, 0.717) is 0 Å². The van der Waals surface area contributed by atoms with Gasteiger partial charge < -0.3 is 15.2 Å². The van der Waals surface area contributed by atoms with Gasteiger partial charge in [0.25, 0.3) is 0 Å². The first-order valence-electron chi connectivity index (χ1n) is 5.52. The van der Waals surface area contributed by atoms with E-state index < -0.39 is 0 Å². The van der Waals surface area contributed by atoms with Crippen LogP contribution in [0.5, 0.6) is 0 Å². The molecule has 2 rings (SSSR count). The number of hydrogen-bond acceptors (Lipinski definition) is 4. The molecule has 0 saturated carbocycles. The van der Waals surface area contributed by atoms with E-state index in [4.69, 9.17) is 4.74 Å². The van der Waals surface area contributed by atoms with Crippen molar-refractivity contribution in [2.75, 3.05) is 46.0 Å². The molecule has 4 nitrogen and oxygen atoms in total. The Bertz CT molecular complexity index is 175. The van der Waals surface area contributed by atoms with Crippen LogP contribution in [0.25, 0.3) is 0 Å². The number of rotatable bonds is 2. The van der Waals surface area contributed by atoms with E-state index in [1.54, 1.807) is 0 Å². The molecule has 0 aromatic carbocycles. The van der Waals surface area contributed by atoms with Gasteiger partial charge in [-0.3, -0.25) is 4.90 Å². The molecule has 2 heterocycles. The third-order valence-corrected chi connectivity index (χ3v) is 3.51. The lowest BCUT2D eigenvalue weighted by Gasteiger charge is -2.47. The SMILES string of the molecule is OCC1(N2CCOCC2)CCNCC1. The topological polar surface area (TPSA) is 44.7 Å². The summed E-state index contributed by atoms with van der Waals surface area (Å²) < 4.78 is 5.34. The Balaban J connectivity index is 2.01. The Labute approximate surface area is 85.2 Å². The van der Waals surface area contributed by atoms with Crippen molar-refractivity contribution >= 4 is 0 Å². The summed E-state index contributed by atoms with van der Waals surface area (Å²) in [7, 11) is 0. The molecular weight excluding hydrogens is 180 g/mol. The average molecular weight is 200 g/mol. The molecule has 2 fully saturated rings. The van der Waals surface area contributed by atoms with Gasteiger partial charge in [-0.15, -0.1) is 0 Å². The smallest absolute Gasteiger partial charge is 0.0616 e. The van der Waals surface area contributed by atoms with E-state index in [0.717, 1.165) is 52.2 Å². The molecule has 0 aromatic rings. The van der Waals surface area contributed by atoms with Crippen molar-refractivity contribution in [3.8, 4) is 0 Å². The molecule has 2 aliphatic heterocycles. The number of hydrogen-bond donors (Lipinski definition) is 2. The predicted octanol–water partition coefficient (Wildman–Crippen LogP) is -0.567. The number of aliphatic hydroxyl groups is 1. The maximum atomic E-state index is 9.58. The normalized spacial score (nSPS) is 28.9. The van der Waals surface area contributed by atoms with Crippen LogP contribution in [0.4, 0.5) is 0 Å². The molecule has 82 valence electrons. The van der Waals surface area contributed by atoms with Crippen molar-refractivity contribution in [1.82, 2.24) is 10.2 Å². The number of nitrogens with one attached hydrogen (secondary N) is 1. The number of morpholine rings is 1. The fourth-order valence-corrected chi connectivity index (χ4v) is 2.50. The number of aliphatic hydroxyl groups excluding tert-OH is 1. The van der Waals surface area contributed by atoms with Gasteiger partial charge in [-0.2, -0.15) is 0 Å². The zero-order valence-corrected chi connectivity index (χ0v) is 8.67. The highest BCUT2D eigenvalue weighted by molar-refractivity contribution is 4.94. The lowest BCUT2D eigenvalue weighted by atomic mass is 9.87. The quantitative estimate of drug-likeness (QED) is 0.627. The second-order valence-corrected chi connectivity index (χ2v) is 4.23. The highest BCUT2D eigenvalue weighted by atomic mass is 16.5. The Hall–Kier alpha value is -0.160. The number of piperidine rings is 1. The first-order valence-corrected chi connectivity index (χ1v) is 5.52. The zero-order chi connectivity index (χ0) is 9.86. The Morgan fingerprint density at radius 2 is 1.86 bits per heavy atom. The van der Waals surface area contributed by atoms with Crippen LogP contribution in [0.3, 0.4) is 0 Å². The molecule has 14 heavy (non-hydrogen) atoms. The van der Waals surface area contributed by atoms with Crippen LogP contribution < -0.4 is 5.32 Å². The molecule has 2 saturated heterocycles. The molecule has 0 aliphatic carbocycles.